The van der Waals surface area contributed by atoms with E-state index in [1.807, 2.05) is 30.3 Å². The van der Waals surface area contributed by atoms with E-state index >= 15 is 0 Å². The highest BCUT2D eigenvalue weighted by Gasteiger charge is 2.12. The van der Waals surface area contributed by atoms with E-state index in [-0.39, 0.29) is 0 Å². The third kappa shape index (κ3) is 3.65. The molecule has 0 fully saturated rings. The predicted molar refractivity (Wildman–Crippen MR) is 101 cm³/mol. The van der Waals surface area contributed by atoms with E-state index in [4.69, 9.17) is 18.0 Å². The highest BCUT2D eigenvalue weighted by atomic mass is 127. The van der Waals surface area contributed by atoms with Crippen molar-refractivity contribution in [2.75, 3.05) is 11.1 Å². The molecule has 104 valence electrons. The molecule has 2 aromatic rings. The first-order chi connectivity index (χ1) is 9.63. The first-order valence-corrected chi connectivity index (χ1v) is 8.68. The molecule has 2 nitrogen and oxygen atoms in total. The van der Waals surface area contributed by atoms with Crippen molar-refractivity contribution in [3.8, 4) is 0 Å². The Kier molecular flexibility index (Phi) is 5.68. The summed E-state index contributed by atoms with van der Waals surface area (Å²) in [5, 5.41) is 3.43. The fraction of sp³-hybridized carbons (Fsp3) is 0.133. The van der Waals surface area contributed by atoms with Crippen molar-refractivity contribution >= 4 is 62.9 Å². The molecule has 5 heteroatoms. The number of benzene rings is 2. The zero-order valence-electron chi connectivity index (χ0n) is 11.0. The summed E-state index contributed by atoms with van der Waals surface area (Å²) < 4.78 is 1.16. The fourth-order valence-electron chi connectivity index (χ4n) is 1.87. The number of thiocarbonyl (C=S) groups is 1. The van der Waals surface area contributed by atoms with Crippen molar-refractivity contribution in [1.82, 2.24) is 0 Å². The Hall–Kier alpha value is -0.790. The van der Waals surface area contributed by atoms with Gasteiger partial charge < -0.3 is 11.1 Å². The van der Waals surface area contributed by atoms with E-state index < -0.39 is 0 Å². The lowest BCUT2D eigenvalue weighted by atomic mass is 10.1. The molecule has 3 N–H and O–H groups in total. The third-order valence-electron chi connectivity index (χ3n) is 2.72. The molecule has 0 aliphatic rings. The van der Waals surface area contributed by atoms with Crippen molar-refractivity contribution in [3.63, 3.8) is 0 Å². The Morgan fingerprint density at radius 1 is 1.20 bits per heavy atom. The van der Waals surface area contributed by atoms with Crippen LogP contribution in [-0.4, -0.2) is 10.7 Å². The zero-order chi connectivity index (χ0) is 14.5. The Balaban J connectivity index is 2.44. The minimum atomic E-state index is 0.426. The summed E-state index contributed by atoms with van der Waals surface area (Å²) in [6, 6.07) is 14.2. The predicted octanol–water partition coefficient (Wildman–Crippen LogP) is 4.78. The van der Waals surface area contributed by atoms with E-state index in [1.165, 1.54) is 0 Å². The smallest absolute Gasteiger partial charge is 0.107 e. The Bertz CT molecular complexity index is 629. The van der Waals surface area contributed by atoms with Gasteiger partial charge in [-0.05, 0) is 52.6 Å². The molecule has 0 aliphatic heterocycles. The summed E-state index contributed by atoms with van der Waals surface area (Å²) in [5.41, 5.74) is 8.86. The number of rotatable bonds is 5. The van der Waals surface area contributed by atoms with Crippen LogP contribution < -0.4 is 11.1 Å². The molecule has 0 bridgehead atoms. The van der Waals surface area contributed by atoms with Crippen molar-refractivity contribution in [2.45, 2.75) is 11.8 Å². The summed E-state index contributed by atoms with van der Waals surface area (Å²) in [7, 11) is 0. The van der Waals surface area contributed by atoms with Gasteiger partial charge in [0.25, 0.3) is 0 Å². The number of thioether (sulfide) groups is 1. The molecule has 0 heterocycles. The summed E-state index contributed by atoms with van der Waals surface area (Å²) in [6.07, 6.45) is 0. The van der Waals surface area contributed by atoms with Gasteiger partial charge in [-0.15, -0.1) is 11.8 Å². The lowest BCUT2D eigenvalue weighted by Crippen LogP contribution is -2.13. The molecule has 0 aromatic heterocycles. The summed E-state index contributed by atoms with van der Waals surface area (Å²) >= 11 is 9.28. The third-order valence-corrected chi connectivity index (χ3v) is 4.80. The first kappa shape index (κ1) is 15.6. The van der Waals surface area contributed by atoms with Gasteiger partial charge >= 0.3 is 0 Å². The maximum atomic E-state index is 5.91. The Morgan fingerprint density at radius 2 is 1.90 bits per heavy atom. The molecule has 2 rings (SSSR count). The number of para-hydroxylation sites is 1. The second-order valence-electron chi connectivity index (χ2n) is 4.08. The van der Waals surface area contributed by atoms with Crippen LogP contribution in [0.25, 0.3) is 0 Å². The number of nitrogens with two attached hydrogens (primary N) is 1. The van der Waals surface area contributed by atoms with Gasteiger partial charge in [0.1, 0.15) is 4.99 Å². The summed E-state index contributed by atoms with van der Waals surface area (Å²) in [6.45, 7) is 2.12. The minimum absolute atomic E-state index is 0.426. The standard InChI is InChI=1S/C15H15IN2S2/c1-2-20-13-9-5-8-12(14(13)15(17)19)18-11-7-4-3-6-10(11)16/h3-9,18H,2H2,1H3,(H2,17,19). The molecule has 0 spiro atoms. The van der Waals surface area contributed by atoms with Crippen LogP contribution in [0.4, 0.5) is 11.4 Å². The van der Waals surface area contributed by atoms with Gasteiger partial charge in [0.05, 0.1) is 5.69 Å². The average molecular weight is 414 g/mol. The van der Waals surface area contributed by atoms with Gasteiger partial charge in [0.2, 0.25) is 0 Å². The van der Waals surface area contributed by atoms with Crippen molar-refractivity contribution in [2.24, 2.45) is 5.73 Å². The van der Waals surface area contributed by atoms with Gasteiger partial charge in [-0.3, -0.25) is 0 Å². The fourth-order valence-corrected chi connectivity index (χ4v) is 3.53. The second kappa shape index (κ2) is 7.28. The molecule has 0 unspecified atom stereocenters. The van der Waals surface area contributed by atoms with Crippen LogP contribution in [-0.2, 0) is 0 Å². The van der Waals surface area contributed by atoms with E-state index in [0.29, 0.717) is 4.99 Å². The van der Waals surface area contributed by atoms with E-state index in [9.17, 15) is 0 Å². The highest BCUT2D eigenvalue weighted by Crippen LogP contribution is 2.31. The van der Waals surface area contributed by atoms with Crippen molar-refractivity contribution < 1.29 is 0 Å². The topological polar surface area (TPSA) is 38.0 Å². The number of anilines is 2. The number of nitrogens with one attached hydrogen (secondary N) is 1. The average Bonchev–Trinajstić information content (AvgIpc) is 2.41. The zero-order valence-corrected chi connectivity index (χ0v) is 14.8. The van der Waals surface area contributed by atoms with Crippen LogP contribution in [0.3, 0.4) is 0 Å². The maximum Gasteiger partial charge on any atom is 0.107 e. The molecule has 0 amide bonds. The van der Waals surface area contributed by atoms with Crippen molar-refractivity contribution in [3.05, 3.63) is 51.6 Å². The molecule has 20 heavy (non-hydrogen) atoms. The molecule has 2 aromatic carbocycles. The van der Waals surface area contributed by atoms with E-state index in [2.05, 4.69) is 47.0 Å². The summed E-state index contributed by atoms with van der Waals surface area (Å²) in [4.78, 5) is 1.55. The summed E-state index contributed by atoms with van der Waals surface area (Å²) in [5.74, 6) is 0.988. The maximum absolute atomic E-state index is 5.91. The number of hydrogen-bond donors (Lipinski definition) is 2. The molecule has 0 atom stereocenters. The quantitative estimate of drug-likeness (QED) is 0.420. The molecule has 0 radical (unpaired) electrons. The van der Waals surface area contributed by atoms with Crippen LogP contribution in [0.2, 0.25) is 0 Å². The van der Waals surface area contributed by atoms with Gasteiger partial charge in [-0.25, -0.2) is 0 Å². The van der Waals surface area contributed by atoms with Gasteiger partial charge in [0, 0.05) is 19.7 Å². The van der Waals surface area contributed by atoms with Crippen molar-refractivity contribution in [1.29, 1.82) is 0 Å². The van der Waals surface area contributed by atoms with E-state index in [0.717, 1.165) is 31.2 Å². The normalized spacial score (nSPS) is 10.3. The van der Waals surface area contributed by atoms with Gasteiger partial charge in [-0.2, -0.15) is 0 Å². The molecule has 0 saturated carbocycles. The molecule has 0 aliphatic carbocycles. The van der Waals surface area contributed by atoms with Gasteiger partial charge in [-0.1, -0.05) is 37.3 Å². The Labute approximate surface area is 142 Å². The monoisotopic (exact) mass is 414 g/mol. The van der Waals surface area contributed by atoms with Crippen LogP contribution in [0.1, 0.15) is 12.5 Å². The van der Waals surface area contributed by atoms with Crippen LogP contribution in [0, 0.1) is 3.57 Å². The number of halogens is 1. The van der Waals surface area contributed by atoms with Crippen LogP contribution in [0.15, 0.2) is 47.4 Å². The molecule has 0 saturated heterocycles. The lowest BCUT2D eigenvalue weighted by molar-refractivity contribution is 1.37. The molecular weight excluding hydrogens is 399 g/mol. The highest BCUT2D eigenvalue weighted by molar-refractivity contribution is 14.1. The lowest BCUT2D eigenvalue weighted by Gasteiger charge is -2.15. The van der Waals surface area contributed by atoms with Crippen LogP contribution >= 0.6 is 46.6 Å². The first-order valence-electron chi connectivity index (χ1n) is 6.20. The number of hydrogen-bond acceptors (Lipinski definition) is 3. The van der Waals surface area contributed by atoms with E-state index in [1.54, 1.807) is 11.8 Å². The Morgan fingerprint density at radius 3 is 2.55 bits per heavy atom. The SMILES string of the molecule is CCSc1cccc(Nc2ccccc2I)c1C(N)=S. The molecular formula is C15H15IN2S2. The van der Waals surface area contributed by atoms with Gasteiger partial charge in [0.15, 0.2) is 0 Å². The van der Waals surface area contributed by atoms with Crippen LogP contribution in [0.5, 0.6) is 0 Å². The largest absolute Gasteiger partial charge is 0.389 e. The minimum Gasteiger partial charge on any atom is -0.389 e. The second-order valence-corrected chi connectivity index (χ2v) is 6.99.